The average molecular weight is 446 g/mol. The van der Waals surface area contributed by atoms with E-state index in [4.69, 9.17) is 4.42 Å². The van der Waals surface area contributed by atoms with Crippen molar-refractivity contribution in [1.82, 2.24) is 15.1 Å². The molecule has 0 saturated carbocycles. The van der Waals surface area contributed by atoms with Crippen molar-refractivity contribution < 1.29 is 9.21 Å². The predicted molar refractivity (Wildman–Crippen MR) is 107 cm³/mol. The molecule has 6 nitrogen and oxygen atoms in total. The molecule has 1 aliphatic heterocycles. The molecule has 2 rings (SSSR count). The lowest BCUT2D eigenvalue weighted by Crippen LogP contribution is -2.53. The van der Waals surface area contributed by atoms with Crippen LogP contribution in [0.4, 0.5) is 0 Å². The van der Waals surface area contributed by atoms with Gasteiger partial charge in [0, 0.05) is 46.1 Å². The molecule has 134 valence electrons. The molecule has 1 aromatic heterocycles. The Morgan fingerprint density at radius 2 is 1.96 bits per heavy atom. The number of amides is 1. The summed E-state index contributed by atoms with van der Waals surface area (Å²) in [4.78, 5) is 20.1. The first-order valence-corrected chi connectivity index (χ1v) is 8.02. The highest BCUT2D eigenvalue weighted by molar-refractivity contribution is 14.0. The van der Waals surface area contributed by atoms with Crippen LogP contribution in [-0.2, 0) is 11.2 Å². The maximum absolute atomic E-state index is 11.4. The summed E-state index contributed by atoms with van der Waals surface area (Å²) >= 11 is 0. The monoisotopic (exact) mass is 446 g/mol. The quantitative estimate of drug-likeness (QED) is 0.326. The highest BCUT2D eigenvalue weighted by atomic mass is 127. The fourth-order valence-electron chi connectivity index (χ4n) is 2.46. The van der Waals surface area contributed by atoms with Crippen molar-refractivity contribution in [2.24, 2.45) is 4.99 Å². The van der Waals surface area contributed by atoms with E-state index in [1.165, 1.54) is 0 Å². The zero-order valence-electron chi connectivity index (χ0n) is 14.5. The Morgan fingerprint density at radius 1 is 1.29 bits per heavy atom. The summed E-state index contributed by atoms with van der Waals surface area (Å²) in [6.07, 6.45) is 2.50. The molecule has 0 atom stereocenters. The standard InChI is InChI=1S/C17H26N4O2.HI/c1-14(2)13-19-17(18-7-6-16-5-4-12-23-16)21-10-8-20(9-11-21)15(3)22;/h4-5,12H,1,6-11,13H2,2-3H3,(H,18,19);1H. The van der Waals surface area contributed by atoms with Gasteiger partial charge in [-0.3, -0.25) is 4.79 Å². The number of nitrogens with zero attached hydrogens (tertiary/aromatic N) is 3. The van der Waals surface area contributed by atoms with Gasteiger partial charge in [-0.15, -0.1) is 24.0 Å². The maximum atomic E-state index is 11.4. The topological polar surface area (TPSA) is 61.1 Å². The first kappa shape index (κ1) is 20.5. The fraction of sp³-hybridized carbons (Fsp3) is 0.529. The third kappa shape index (κ3) is 6.54. The van der Waals surface area contributed by atoms with Crippen molar-refractivity contribution in [2.75, 3.05) is 39.3 Å². The number of nitrogens with one attached hydrogen (secondary N) is 1. The molecule has 2 heterocycles. The number of furan rings is 1. The minimum absolute atomic E-state index is 0. The predicted octanol–water partition coefficient (Wildman–Crippen LogP) is 2.13. The van der Waals surface area contributed by atoms with E-state index < -0.39 is 0 Å². The average Bonchev–Trinajstić information content (AvgIpc) is 3.04. The molecule has 24 heavy (non-hydrogen) atoms. The van der Waals surface area contributed by atoms with Crippen LogP contribution in [-0.4, -0.2) is 60.9 Å². The maximum Gasteiger partial charge on any atom is 0.219 e. The molecule has 0 bridgehead atoms. The van der Waals surface area contributed by atoms with Gasteiger partial charge in [0.25, 0.3) is 0 Å². The molecular formula is C17H27IN4O2. The highest BCUT2D eigenvalue weighted by Crippen LogP contribution is 2.04. The van der Waals surface area contributed by atoms with Crippen LogP contribution in [0.1, 0.15) is 19.6 Å². The van der Waals surface area contributed by atoms with Crippen LogP contribution < -0.4 is 5.32 Å². The van der Waals surface area contributed by atoms with Crippen LogP contribution >= 0.6 is 24.0 Å². The van der Waals surface area contributed by atoms with Crippen LogP contribution in [0.25, 0.3) is 0 Å². The second kappa shape index (κ2) is 10.4. The van der Waals surface area contributed by atoms with Crippen LogP contribution in [0, 0.1) is 0 Å². The molecular weight excluding hydrogens is 419 g/mol. The lowest BCUT2D eigenvalue weighted by atomic mass is 10.3. The molecule has 1 saturated heterocycles. The summed E-state index contributed by atoms with van der Waals surface area (Å²) in [7, 11) is 0. The Bertz CT molecular complexity index is 549. The number of guanidine groups is 1. The number of hydrogen-bond acceptors (Lipinski definition) is 3. The summed E-state index contributed by atoms with van der Waals surface area (Å²) in [5.74, 6) is 1.97. The first-order valence-electron chi connectivity index (χ1n) is 8.02. The molecule has 0 spiro atoms. The minimum atomic E-state index is 0. The smallest absolute Gasteiger partial charge is 0.219 e. The van der Waals surface area contributed by atoms with E-state index in [1.54, 1.807) is 13.2 Å². The summed E-state index contributed by atoms with van der Waals surface area (Å²) < 4.78 is 5.35. The molecule has 1 aromatic rings. The summed E-state index contributed by atoms with van der Waals surface area (Å²) in [6, 6.07) is 3.87. The number of rotatable bonds is 5. The van der Waals surface area contributed by atoms with Gasteiger partial charge in [-0.25, -0.2) is 4.99 Å². The van der Waals surface area contributed by atoms with Crippen LogP contribution in [0.2, 0.25) is 0 Å². The molecule has 1 amide bonds. The van der Waals surface area contributed by atoms with Gasteiger partial charge >= 0.3 is 0 Å². The number of piperazine rings is 1. The van der Waals surface area contributed by atoms with Crippen LogP contribution in [0.15, 0.2) is 40.0 Å². The third-order valence-electron chi connectivity index (χ3n) is 3.76. The van der Waals surface area contributed by atoms with Gasteiger partial charge in [-0.2, -0.15) is 0 Å². The lowest BCUT2D eigenvalue weighted by Gasteiger charge is -2.36. The van der Waals surface area contributed by atoms with Gasteiger partial charge in [-0.05, 0) is 19.1 Å². The SMILES string of the molecule is C=C(C)CN=C(NCCc1ccco1)N1CCN(C(C)=O)CC1.I. The summed E-state index contributed by atoms with van der Waals surface area (Å²) in [5.41, 5.74) is 1.03. The molecule has 1 N–H and O–H groups in total. The van der Waals surface area contributed by atoms with E-state index in [9.17, 15) is 4.79 Å². The van der Waals surface area contributed by atoms with E-state index >= 15 is 0 Å². The van der Waals surface area contributed by atoms with E-state index in [2.05, 4.69) is 21.8 Å². The third-order valence-corrected chi connectivity index (χ3v) is 3.76. The molecule has 1 fully saturated rings. The highest BCUT2D eigenvalue weighted by Gasteiger charge is 2.20. The summed E-state index contributed by atoms with van der Waals surface area (Å²) in [6.45, 7) is 11.9. The molecule has 7 heteroatoms. The van der Waals surface area contributed by atoms with E-state index in [1.807, 2.05) is 24.0 Å². The Morgan fingerprint density at radius 3 is 2.50 bits per heavy atom. The van der Waals surface area contributed by atoms with Gasteiger partial charge in [-0.1, -0.05) is 12.2 Å². The fourth-order valence-corrected chi connectivity index (χ4v) is 2.46. The van der Waals surface area contributed by atoms with Crippen molar-refractivity contribution in [3.8, 4) is 0 Å². The molecule has 1 aliphatic rings. The van der Waals surface area contributed by atoms with Crippen LogP contribution in [0.5, 0.6) is 0 Å². The van der Waals surface area contributed by atoms with Crippen molar-refractivity contribution in [3.05, 3.63) is 36.3 Å². The summed E-state index contributed by atoms with van der Waals surface area (Å²) in [5, 5.41) is 3.40. The Balaban J connectivity index is 0.00000288. The van der Waals surface area contributed by atoms with Gasteiger partial charge in [0.05, 0.1) is 12.8 Å². The molecule has 0 radical (unpaired) electrons. The Hall–Kier alpha value is -1.51. The van der Waals surface area contributed by atoms with Crippen molar-refractivity contribution >= 4 is 35.8 Å². The minimum Gasteiger partial charge on any atom is -0.469 e. The Kier molecular flexibility index (Phi) is 8.88. The van der Waals surface area contributed by atoms with Crippen molar-refractivity contribution in [1.29, 1.82) is 0 Å². The van der Waals surface area contributed by atoms with Gasteiger partial charge in [0.1, 0.15) is 5.76 Å². The zero-order valence-corrected chi connectivity index (χ0v) is 16.8. The molecule has 0 aliphatic carbocycles. The second-order valence-corrected chi connectivity index (χ2v) is 5.85. The Labute approximate surface area is 161 Å². The number of hydrogen-bond donors (Lipinski definition) is 1. The zero-order chi connectivity index (χ0) is 16.7. The number of halogens is 1. The molecule has 0 unspecified atom stereocenters. The van der Waals surface area contributed by atoms with E-state index in [0.29, 0.717) is 6.54 Å². The first-order chi connectivity index (χ1) is 11.1. The van der Waals surface area contributed by atoms with Gasteiger partial charge in [0.15, 0.2) is 5.96 Å². The van der Waals surface area contributed by atoms with Crippen molar-refractivity contribution in [3.63, 3.8) is 0 Å². The second-order valence-electron chi connectivity index (χ2n) is 5.85. The van der Waals surface area contributed by atoms with Crippen LogP contribution in [0.3, 0.4) is 0 Å². The number of carbonyl (C=O) groups excluding carboxylic acids is 1. The van der Waals surface area contributed by atoms with Gasteiger partial charge < -0.3 is 19.5 Å². The number of aliphatic imine (C=N–C) groups is 1. The number of carbonyl (C=O) groups is 1. The largest absolute Gasteiger partial charge is 0.469 e. The lowest BCUT2D eigenvalue weighted by molar-refractivity contribution is -0.130. The van der Waals surface area contributed by atoms with E-state index in [0.717, 1.165) is 56.4 Å². The van der Waals surface area contributed by atoms with Crippen molar-refractivity contribution in [2.45, 2.75) is 20.3 Å². The van der Waals surface area contributed by atoms with Gasteiger partial charge in [0.2, 0.25) is 5.91 Å². The normalized spacial score (nSPS) is 15.0. The molecule has 0 aromatic carbocycles. The van der Waals surface area contributed by atoms with E-state index in [-0.39, 0.29) is 29.9 Å².